The summed E-state index contributed by atoms with van der Waals surface area (Å²) in [6, 6.07) is 0. The summed E-state index contributed by atoms with van der Waals surface area (Å²) >= 11 is 1.64. The van der Waals surface area contributed by atoms with Crippen LogP contribution >= 0.6 is 11.8 Å². The summed E-state index contributed by atoms with van der Waals surface area (Å²) in [5.74, 6) is 4.14. The lowest BCUT2D eigenvalue weighted by Crippen LogP contribution is -2.07. The van der Waals surface area contributed by atoms with Crippen LogP contribution in [0.15, 0.2) is 0 Å². The van der Waals surface area contributed by atoms with E-state index in [1.165, 1.54) is 0 Å². The Morgan fingerprint density at radius 2 is 2.09 bits per heavy atom. The molecule has 0 aliphatic heterocycles. The maximum Gasteiger partial charge on any atom is 0.381 e. The van der Waals surface area contributed by atoms with E-state index >= 15 is 0 Å². The predicted molar refractivity (Wildman–Crippen MR) is 47.6 cm³/mol. The number of carboxylic acid groups (broad SMARTS) is 1. The standard InChI is InChI=1S/C8H12O2S/c1-8(2,3)11-6-4-5-7(9)10/h6H2,1-3H3,(H,9,10). The van der Waals surface area contributed by atoms with E-state index < -0.39 is 5.97 Å². The summed E-state index contributed by atoms with van der Waals surface area (Å²) in [7, 11) is 0. The molecule has 11 heavy (non-hydrogen) atoms. The lowest BCUT2D eigenvalue weighted by Gasteiger charge is -2.14. The Kier molecular flexibility index (Phi) is 4.06. The molecule has 62 valence electrons. The van der Waals surface area contributed by atoms with Gasteiger partial charge in [0.2, 0.25) is 0 Å². The summed E-state index contributed by atoms with van der Waals surface area (Å²) in [5.41, 5.74) is 0. The Bertz CT molecular complexity index is 192. The lowest BCUT2D eigenvalue weighted by molar-refractivity contribution is -0.130. The van der Waals surface area contributed by atoms with Crippen molar-refractivity contribution in [3.8, 4) is 11.8 Å². The van der Waals surface area contributed by atoms with Crippen molar-refractivity contribution in [3.05, 3.63) is 0 Å². The molecular weight excluding hydrogens is 160 g/mol. The molecule has 0 aromatic rings. The van der Waals surface area contributed by atoms with Gasteiger partial charge in [-0.15, -0.1) is 11.8 Å². The van der Waals surface area contributed by atoms with Crippen molar-refractivity contribution < 1.29 is 9.90 Å². The summed E-state index contributed by atoms with van der Waals surface area (Å²) in [6.45, 7) is 6.21. The van der Waals surface area contributed by atoms with Gasteiger partial charge in [-0.25, -0.2) is 4.79 Å². The minimum atomic E-state index is -1.06. The Hall–Kier alpha value is -0.620. The molecule has 0 rings (SSSR count). The third kappa shape index (κ3) is 9.38. The van der Waals surface area contributed by atoms with Crippen LogP contribution in [0.25, 0.3) is 0 Å². The molecule has 0 spiro atoms. The molecule has 0 amide bonds. The topological polar surface area (TPSA) is 37.3 Å². The Morgan fingerprint density at radius 3 is 2.45 bits per heavy atom. The smallest absolute Gasteiger partial charge is 0.381 e. The first-order valence-corrected chi connectivity index (χ1v) is 4.26. The normalized spacial score (nSPS) is 10.1. The molecule has 0 saturated heterocycles. The molecule has 0 radical (unpaired) electrons. The predicted octanol–water partition coefficient (Wildman–Crippen LogP) is 1.61. The number of rotatable bonds is 1. The first kappa shape index (κ1) is 10.4. The fraction of sp³-hybridized carbons (Fsp3) is 0.625. The highest BCUT2D eigenvalue weighted by molar-refractivity contribution is 8.00. The highest BCUT2D eigenvalue weighted by Crippen LogP contribution is 2.21. The average molecular weight is 172 g/mol. The zero-order valence-corrected chi connectivity index (χ0v) is 7.79. The quantitative estimate of drug-likeness (QED) is 0.610. The van der Waals surface area contributed by atoms with Crippen LogP contribution in [0.5, 0.6) is 0 Å². The first-order valence-electron chi connectivity index (χ1n) is 3.27. The minimum absolute atomic E-state index is 0.160. The first-order chi connectivity index (χ1) is 4.92. The average Bonchev–Trinajstić information content (AvgIpc) is 1.78. The number of hydrogen-bond acceptors (Lipinski definition) is 2. The van der Waals surface area contributed by atoms with E-state index in [1.807, 2.05) is 0 Å². The Morgan fingerprint density at radius 1 is 1.55 bits per heavy atom. The molecule has 0 aromatic heterocycles. The van der Waals surface area contributed by atoms with Crippen LogP contribution in [-0.2, 0) is 4.79 Å². The molecule has 0 atom stereocenters. The second-order valence-corrected chi connectivity index (χ2v) is 4.81. The van der Waals surface area contributed by atoms with Gasteiger partial charge in [-0.3, -0.25) is 0 Å². The molecule has 0 heterocycles. The van der Waals surface area contributed by atoms with Gasteiger partial charge in [0.05, 0.1) is 5.75 Å². The molecule has 3 heteroatoms. The molecule has 0 aromatic carbocycles. The zero-order valence-electron chi connectivity index (χ0n) is 6.97. The van der Waals surface area contributed by atoms with E-state index in [4.69, 9.17) is 5.11 Å². The highest BCUT2D eigenvalue weighted by atomic mass is 32.2. The van der Waals surface area contributed by atoms with Crippen molar-refractivity contribution in [2.75, 3.05) is 5.75 Å². The molecular formula is C8H12O2S. The minimum Gasteiger partial charge on any atom is -0.472 e. The number of thioether (sulfide) groups is 1. The van der Waals surface area contributed by atoms with Gasteiger partial charge < -0.3 is 5.11 Å². The zero-order chi connectivity index (χ0) is 8.91. The summed E-state index contributed by atoms with van der Waals surface area (Å²) in [5, 5.41) is 8.16. The Balaban J connectivity index is 3.60. The number of carbonyl (C=O) groups is 1. The summed E-state index contributed by atoms with van der Waals surface area (Å²) in [4.78, 5) is 9.94. The number of carboxylic acids is 1. The van der Waals surface area contributed by atoms with E-state index in [0.717, 1.165) is 0 Å². The summed E-state index contributed by atoms with van der Waals surface area (Å²) < 4.78 is 0.160. The molecule has 0 bridgehead atoms. The van der Waals surface area contributed by atoms with Crippen molar-refractivity contribution in [1.82, 2.24) is 0 Å². The van der Waals surface area contributed by atoms with Crippen molar-refractivity contribution in [2.24, 2.45) is 0 Å². The SMILES string of the molecule is CC(C)(C)SCC#CC(=O)O. The van der Waals surface area contributed by atoms with Crippen LogP contribution in [-0.4, -0.2) is 21.6 Å². The molecule has 0 aliphatic rings. The fourth-order valence-electron chi connectivity index (χ4n) is 0.364. The largest absolute Gasteiger partial charge is 0.472 e. The van der Waals surface area contributed by atoms with Crippen LogP contribution in [0.1, 0.15) is 20.8 Å². The molecule has 0 unspecified atom stereocenters. The molecule has 1 N–H and O–H groups in total. The van der Waals surface area contributed by atoms with Crippen LogP contribution in [0.4, 0.5) is 0 Å². The van der Waals surface area contributed by atoms with Gasteiger partial charge in [-0.05, 0) is 0 Å². The van der Waals surface area contributed by atoms with Gasteiger partial charge in [-0.2, -0.15) is 0 Å². The maximum absolute atomic E-state index is 9.94. The van der Waals surface area contributed by atoms with Gasteiger partial charge in [0.1, 0.15) is 0 Å². The second-order valence-electron chi connectivity index (χ2n) is 3.01. The number of hydrogen-bond donors (Lipinski definition) is 1. The van der Waals surface area contributed by atoms with Gasteiger partial charge in [-0.1, -0.05) is 26.7 Å². The van der Waals surface area contributed by atoms with Crippen LogP contribution < -0.4 is 0 Å². The third-order valence-electron chi connectivity index (χ3n) is 0.773. The second kappa shape index (κ2) is 4.30. The van der Waals surface area contributed by atoms with E-state index in [2.05, 4.69) is 32.6 Å². The highest BCUT2D eigenvalue weighted by Gasteiger charge is 2.08. The third-order valence-corrected chi connectivity index (χ3v) is 1.93. The van der Waals surface area contributed by atoms with Gasteiger partial charge in [0, 0.05) is 10.7 Å². The lowest BCUT2D eigenvalue weighted by atomic mass is 10.3. The molecule has 0 saturated carbocycles. The summed E-state index contributed by atoms with van der Waals surface area (Å²) in [6.07, 6.45) is 0. The molecule has 0 fully saturated rings. The molecule has 0 aliphatic carbocycles. The van der Waals surface area contributed by atoms with Crippen LogP contribution in [0.3, 0.4) is 0 Å². The van der Waals surface area contributed by atoms with Crippen molar-refractivity contribution in [2.45, 2.75) is 25.5 Å². The van der Waals surface area contributed by atoms with E-state index in [0.29, 0.717) is 5.75 Å². The maximum atomic E-state index is 9.94. The monoisotopic (exact) mass is 172 g/mol. The van der Waals surface area contributed by atoms with Crippen molar-refractivity contribution in [3.63, 3.8) is 0 Å². The Labute approximate surface area is 71.4 Å². The van der Waals surface area contributed by atoms with Crippen molar-refractivity contribution >= 4 is 17.7 Å². The van der Waals surface area contributed by atoms with E-state index in [1.54, 1.807) is 11.8 Å². The fourth-order valence-corrected chi connectivity index (χ4v) is 0.942. The molecule has 2 nitrogen and oxygen atoms in total. The van der Waals surface area contributed by atoms with Gasteiger partial charge in [0.15, 0.2) is 0 Å². The number of aliphatic carboxylic acids is 1. The van der Waals surface area contributed by atoms with Gasteiger partial charge >= 0.3 is 5.97 Å². The van der Waals surface area contributed by atoms with Crippen LogP contribution in [0, 0.1) is 11.8 Å². The van der Waals surface area contributed by atoms with Crippen LogP contribution in [0.2, 0.25) is 0 Å². The van der Waals surface area contributed by atoms with E-state index in [9.17, 15) is 4.79 Å². The van der Waals surface area contributed by atoms with Crippen molar-refractivity contribution in [1.29, 1.82) is 0 Å². The van der Waals surface area contributed by atoms with E-state index in [-0.39, 0.29) is 4.75 Å². The van der Waals surface area contributed by atoms with Gasteiger partial charge in [0.25, 0.3) is 0 Å².